The monoisotopic (exact) mass is 1190 g/mol. The molecule has 0 heterocycles. The van der Waals surface area contributed by atoms with Crippen LogP contribution in [0, 0.1) is 141 Å². The van der Waals surface area contributed by atoms with Crippen molar-refractivity contribution in [2.75, 3.05) is 40.2 Å². The number of ketones is 1. The number of Topliss-reactive ketones (excluding diaryl/α,β-unsaturated/α-hetero) is 1. The van der Waals surface area contributed by atoms with E-state index in [9.17, 15) is 33.6 Å². The molecule has 14 fully saturated rings. The molecule has 16 heteroatoms. The summed E-state index contributed by atoms with van der Waals surface area (Å²) in [6, 6.07) is 0. The van der Waals surface area contributed by atoms with Gasteiger partial charge in [0.05, 0.1) is 46.5 Å². The van der Waals surface area contributed by atoms with Gasteiger partial charge in [0, 0.05) is 25.0 Å². The Morgan fingerprint density at radius 1 is 0.471 bits per heavy atom. The average molecular weight is 1190 g/mol. The van der Waals surface area contributed by atoms with Crippen molar-refractivity contribution in [3.05, 3.63) is 0 Å². The summed E-state index contributed by atoms with van der Waals surface area (Å²) in [6.07, 6.45) is 18.8. The lowest BCUT2D eigenvalue weighted by Crippen LogP contribution is -2.55. The Morgan fingerprint density at radius 2 is 0.906 bits per heavy atom. The van der Waals surface area contributed by atoms with Crippen LogP contribution in [0.25, 0.3) is 0 Å². The summed E-state index contributed by atoms with van der Waals surface area (Å²) in [6.45, 7) is 21.1. The van der Waals surface area contributed by atoms with Crippen LogP contribution in [0.4, 0.5) is 0 Å². The lowest BCUT2D eigenvalue weighted by Gasteiger charge is -2.55. The zero-order valence-corrected chi connectivity index (χ0v) is 53.1. The van der Waals surface area contributed by atoms with Crippen molar-refractivity contribution in [1.82, 2.24) is 0 Å². The first-order valence-electron chi connectivity index (χ1n) is 34.0. The molecule has 0 aliphatic heterocycles. The summed E-state index contributed by atoms with van der Waals surface area (Å²) in [5.74, 6) is 8.52. The Hall–Kier alpha value is -3.63. The number of hydrogen-bond acceptors (Lipinski definition) is 16. The van der Waals surface area contributed by atoms with Crippen molar-refractivity contribution in [2.24, 2.45) is 141 Å². The molecule has 476 valence electrons. The molecular weight excluding hydrogens is 1080 g/mol. The van der Waals surface area contributed by atoms with Crippen LogP contribution in [0.5, 0.6) is 0 Å². The van der Waals surface area contributed by atoms with Crippen molar-refractivity contribution in [1.29, 1.82) is 0 Å². The summed E-state index contributed by atoms with van der Waals surface area (Å²) >= 11 is 0. The van der Waals surface area contributed by atoms with Gasteiger partial charge in [-0.3, -0.25) is 33.6 Å². The van der Waals surface area contributed by atoms with Gasteiger partial charge in [0.2, 0.25) is 0 Å². The molecule has 23 atom stereocenters. The highest BCUT2D eigenvalue weighted by Gasteiger charge is 2.68. The predicted octanol–water partition coefficient (Wildman–Crippen LogP) is 11.5. The Balaban J connectivity index is 0.000000134. The van der Waals surface area contributed by atoms with Crippen molar-refractivity contribution in [3.63, 3.8) is 0 Å². The Morgan fingerprint density at radius 3 is 1.36 bits per heavy atom. The minimum absolute atomic E-state index is 0.0134. The first kappa shape index (κ1) is 63.0. The third kappa shape index (κ3) is 12.1. The molecule has 0 spiro atoms. The average Bonchev–Trinajstić information content (AvgIpc) is 1.96. The minimum atomic E-state index is -0.500. The second-order valence-corrected chi connectivity index (χ2v) is 30.9. The molecule has 16 nitrogen and oxygen atoms in total. The molecule has 14 saturated carbocycles. The SMILES string of the molecule is CCC(C)(C)C(=O)OC1CC2CC(C(=O)OCOCC34CC5CC(CC(C5)C3=O)C4)C1C2.CCOCOC(=O)C1CC2CC1C1C3CC(CC3OC(=O)C(C)(C)CC)C21.CCOCOC(=O)C1CC2CC1C1C3CC(CC3OC(=O)C(C)CC)C21. The molecule has 0 aromatic rings. The summed E-state index contributed by atoms with van der Waals surface area (Å²) in [4.78, 5) is 88.1. The fourth-order valence-corrected chi connectivity index (χ4v) is 21.1. The normalized spacial score (nSPS) is 42.2. The summed E-state index contributed by atoms with van der Waals surface area (Å²) in [5.41, 5.74) is -1.25. The molecular formula is C69H104O16. The largest absolute Gasteiger partial charge is 0.462 e. The van der Waals surface area contributed by atoms with Crippen molar-refractivity contribution < 1.29 is 76.2 Å². The zero-order valence-electron chi connectivity index (χ0n) is 53.1. The van der Waals surface area contributed by atoms with E-state index >= 15 is 0 Å². The van der Waals surface area contributed by atoms with E-state index in [-0.39, 0.29) is 115 Å². The number of hydrogen-bond donors (Lipinski definition) is 0. The molecule has 0 radical (unpaired) electrons. The summed E-state index contributed by atoms with van der Waals surface area (Å²) < 4.78 is 50.1. The van der Waals surface area contributed by atoms with Crippen LogP contribution in [0.2, 0.25) is 0 Å². The highest BCUT2D eigenvalue weighted by molar-refractivity contribution is 5.89. The predicted molar refractivity (Wildman–Crippen MR) is 310 cm³/mol. The third-order valence-corrected chi connectivity index (χ3v) is 25.6. The number of ether oxygens (including phenoxy) is 9. The van der Waals surface area contributed by atoms with Crippen LogP contribution in [0.15, 0.2) is 0 Å². The lowest BCUT2D eigenvalue weighted by molar-refractivity contribution is -0.180. The van der Waals surface area contributed by atoms with Gasteiger partial charge in [0.15, 0.2) is 20.4 Å². The molecule has 0 N–H and O–H groups in total. The van der Waals surface area contributed by atoms with Gasteiger partial charge >= 0.3 is 35.8 Å². The smallest absolute Gasteiger partial charge is 0.311 e. The first-order chi connectivity index (χ1) is 40.6. The fourth-order valence-electron chi connectivity index (χ4n) is 21.1. The van der Waals surface area contributed by atoms with Gasteiger partial charge in [-0.05, 0) is 252 Å². The van der Waals surface area contributed by atoms with Crippen LogP contribution in [0.1, 0.15) is 191 Å². The fraction of sp³-hybridized carbons (Fsp3) is 0.899. The highest BCUT2D eigenvalue weighted by Crippen LogP contribution is 2.71. The molecule has 0 aromatic heterocycles. The van der Waals surface area contributed by atoms with E-state index in [2.05, 4.69) is 0 Å². The zero-order chi connectivity index (χ0) is 60.4. The van der Waals surface area contributed by atoms with Crippen LogP contribution in [-0.4, -0.2) is 100 Å². The molecule has 23 unspecified atom stereocenters. The summed E-state index contributed by atoms with van der Waals surface area (Å²) in [5, 5.41) is 0. The van der Waals surface area contributed by atoms with Gasteiger partial charge in [0.1, 0.15) is 24.1 Å². The van der Waals surface area contributed by atoms with Crippen molar-refractivity contribution in [2.45, 2.75) is 210 Å². The maximum Gasteiger partial charge on any atom is 0.311 e. The van der Waals surface area contributed by atoms with E-state index in [4.69, 9.17) is 42.6 Å². The molecule has 0 aromatic carbocycles. The standard InChI is InChI=1S/C26H38O6.C22H34O5.C21H32O5/c1-4-25(2,3)24(29)32-21-10-15-8-19(21)20(9-15)23(28)31-14-30-13-26-11-16-5-17(12-26)7-18(6-16)22(26)27;1-5-22(3,4)21(24)27-17-10-13-9-16(17)19-14-7-12(18(13)19)8-15(14)20(23)26-11-25-6-2;1-4-11(3)20(22)26-17-9-13-8-16(17)19-14-6-12(18(13)19)7-15(14)21(23)25-10-24-5-2/h15-21H,4-14H2,1-3H3;12-19H,5-11H2,1-4H3;11-19H,4-10H2,1-3H3. The summed E-state index contributed by atoms with van der Waals surface area (Å²) in [7, 11) is 0. The highest BCUT2D eigenvalue weighted by atomic mass is 16.7. The number of fused-ring (bicyclic) bond motifs is 20. The second kappa shape index (κ2) is 25.3. The van der Waals surface area contributed by atoms with Gasteiger partial charge in [-0.25, -0.2) is 0 Å². The van der Waals surface area contributed by atoms with Gasteiger partial charge in [0.25, 0.3) is 0 Å². The number of esters is 6. The number of carbonyl (C=O) groups excluding carboxylic acids is 7. The molecule has 14 aliphatic rings. The van der Waals surface area contributed by atoms with Gasteiger partial charge in [-0.2, -0.15) is 0 Å². The number of carbonyl (C=O) groups is 7. The lowest BCUT2D eigenvalue weighted by atomic mass is 9.49. The van der Waals surface area contributed by atoms with E-state index in [1.165, 1.54) is 19.3 Å². The van der Waals surface area contributed by atoms with E-state index in [0.29, 0.717) is 103 Å². The van der Waals surface area contributed by atoms with Crippen LogP contribution >= 0.6 is 0 Å². The molecule has 0 amide bonds. The minimum Gasteiger partial charge on any atom is -0.462 e. The molecule has 0 saturated heterocycles. The molecule has 14 aliphatic carbocycles. The van der Waals surface area contributed by atoms with E-state index < -0.39 is 10.8 Å². The van der Waals surface area contributed by atoms with E-state index in [0.717, 1.165) is 115 Å². The first-order valence-corrected chi connectivity index (χ1v) is 34.0. The number of rotatable bonds is 22. The Bertz CT molecular complexity index is 2460. The quantitative estimate of drug-likeness (QED) is 0.0325. The topological polar surface area (TPSA) is 203 Å². The van der Waals surface area contributed by atoms with Gasteiger partial charge < -0.3 is 42.6 Å². The van der Waals surface area contributed by atoms with Gasteiger partial charge in [-0.1, -0.05) is 27.7 Å². The molecule has 14 rings (SSSR count). The maximum atomic E-state index is 12.9. The van der Waals surface area contributed by atoms with E-state index in [1.807, 2.05) is 69.2 Å². The third-order valence-electron chi connectivity index (χ3n) is 25.6. The molecule has 14 bridgehead atoms. The maximum absolute atomic E-state index is 12.9. The van der Waals surface area contributed by atoms with Crippen LogP contribution in [0.3, 0.4) is 0 Å². The van der Waals surface area contributed by atoms with Crippen LogP contribution in [-0.2, 0) is 76.2 Å². The van der Waals surface area contributed by atoms with Crippen molar-refractivity contribution in [3.8, 4) is 0 Å². The Labute approximate surface area is 506 Å². The van der Waals surface area contributed by atoms with Crippen LogP contribution < -0.4 is 0 Å². The van der Waals surface area contributed by atoms with E-state index in [1.54, 1.807) is 0 Å². The molecule has 85 heavy (non-hydrogen) atoms. The Kier molecular flexibility index (Phi) is 18.8. The van der Waals surface area contributed by atoms with Gasteiger partial charge in [-0.15, -0.1) is 0 Å². The van der Waals surface area contributed by atoms with Crippen molar-refractivity contribution >= 4 is 41.6 Å². The second-order valence-electron chi connectivity index (χ2n) is 30.9.